The van der Waals surface area contributed by atoms with Gasteiger partial charge in [-0.05, 0) is 69.7 Å². The zero-order valence-electron chi connectivity index (χ0n) is 14.3. The van der Waals surface area contributed by atoms with Crippen molar-refractivity contribution in [2.24, 2.45) is 5.92 Å². The van der Waals surface area contributed by atoms with Crippen LogP contribution in [0.4, 0.5) is 5.95 Å². The lowest BCUT2D eigenvalue weighted by atomic mass is 9.73. The van der Waals surface area contributed by atoms with Crippen molar-refractivity contribution in [3.8, 4) is 0 Å². The Kier molecular flexibility index (Phi) is 5.72. The van der Waals surface area contributed by atoms with E-state index >= 15 is 0 Å². The second-order valence-electron chi connectivity index (χ2n) is 7.41. The number of halogens is 2. The van der Waals surface area contributed by atoms with Crippen molar-refractivity contribution >= 4 is 29.2 Å². The van der Waals surface area contributed by atoms with Gasteiger partial charge in [0.2, 0.25) is 16.5 Å². The predicted octanol–water partition coefficient (Wildman–Crippen LogP) is 3.16. The largest absolute Gasteiger partial charge is 0.379 e. The molecule has 0 aliphatic carbocycles. The van der Waals surface area contributed by atoms with E-state index in [9.17, 15) is 0 Å². The minimum Gasteiger partial charge on any atom is -0.379 e. The third-order valence-electron chi connectivity index (χ3n) is 4.09. The Bertz CT molecular complexity index is 516. The van der Waals surface area contributed by atoms with Crippen LogP contribution in [-0.2, 0) is 4.74 Å². The molecule has 1 aromatic rings. The average molecular weight is 362 g/mol. The fraction of sp³-hybridized carbons (Fsp3) is 0.800. The van der Waals surface area contributed by atoms with Gasteiger partial charge in [-0.25, -0.2) is 0 Å². The zero-order chi connectivity index (χ0) is 17.3. The molecule has 2 heterocycles. The number of ether oxygens (including phenoxy) is 1. The summed E-state index contributed by atoms with van der Waals surface area (Å²) in [4.78, 5) is 11.8. The van der Waals surface area contributed by atoms with Crippen LogP contribution in [-0.4, -0.2) is 45.8 Å². The third kappa shape index (κ3) is 5.41. The normalized spacial score (nSPS) is 21.9. The minimum absolute atomic E-state index is 0.0463. The molecule has 1 unspecified atom stereocenters. The third-order valence-corrected chi connectivity index (χ3v) is 4.43. The molecule has 0 bridgehead atoms. The van der Waals surface area contributed by atoms with E-state index in [1.165, 1.54) is 0 Å². The number of nitrogens with one attached hydrogen (secondary N) is 2. The fourth-order valence-corrected chi connectivity index (χ4v) is 4.07. The Balaban J connectivity index is 2.04. The lowest BCUT2D eigenvalue weighted by Gasteiger charge is -2.48. The highest BCUT2D eigenvalue weighted by Gasteiger charge is 2.40. The van der Waals surface area contributed by atoms with Crippen molar-refractivity contribution in [2.45, 2.75) is 57.7 Å². The number of methoxy groups -OCH3 is 1. The summed E-state index contributed by atoms with van der Waals surface area (Å²) < 4.78 is 5.73. The highest BCUT2D eigenvalue weighted by molar-refractivity contribution is 6.31. The van der Waals surface area contributed by atoms with E-state index in [4.69, 9.17) is 27.9 Å². The number of aromatic nitrogens is 3. The van der Waals surface area contributed by atoms with E-state index in [0.29, 0.717) is 18.4 Å². The molecule has 6 nitrogen and oxygen atoms in total. The molecule has 0 spiro atoms. The summed E-state index contributed by atoms with van der Waals surface area (Å²) in [7, 11) is 1.74. The Morgan fingerprint density at radius 1 is 1.13 bits per heavy atom. The van der Waals surface area contributed by atoms with Gasteiger partial charge < -0.3 is 15.4 Å². The van der Waals surface area contributed by atoms with E-state index in [0.717, 1.165) is 12.8 Å². The topological polar surface area (TPSA) is 72.0 Å². The second kappa shape index (κ2) is 7.05. The zero-order valence-corrected chi connectivity index (χ0v) is 15.8. The van der Waals surface area contributed by atoms with Gasteiger partial charge in [0.05, 0.1) is 6.10 Å². The van der Waals surface area contributed by atoms with Gasteiger partial charge in [0, 0.05) is 24.7 Å². The molecule has 1 aliphatic rings. The van der Waals surface area contributed by atoms with Gasteiger partial charge in [0.15, 0.2) is 0 Å². The summed E-state index contributed by atoms with van der Waals surface area (Å²) in [5.74, 6) is 0.788. The van der Waals surface area contributed by atoms with E-state index in [1.807, 2.05) is 0 Å². The summed E-state index contributed by atoms with van der Waals surface area (Å²) in [6.45, 7) is 9.50. The molecule has 1 atom stereocenters. The molecule has 2 rings (SSSR count). The maximum absolute atomic E-state index is 5.80. The smallest absolute Gasteiger partial charge is 0.228 e. The van der Waals surface area contributed by atoms with Crippen molar-refractivity contribution in [3.63, 3.8) is 0 Å². The first-order valence-electron chi connectivity index (χ1n) is 7.73. The van der Waals surface area contributed by atoms with Crippen LogP contribution >= 0.6 is 23.2 Å². The summed E-state index contributed by atoms with van der Waals surface area (Å²) in [6.07, 6.45) is 2.12. The SMILES string of the molecule is COC(CNc1nc(Cl)nc(Cl)n1)C1CC(C)(C)NC(C)(C)C1. The average Bonchev–Trinajstić information content (AvgIpc) is 2.34. The van der Waals surface area contributed by atoms with Crippen LogP contribution in [0.3, 0.4) is 0 Å². The number of nitrogens with zero attached hydrogens (tertiary/aromatic N) is 3. The standard InChI is InChI=1S/C15H25Cl2N5O/c1-14(2)6-9(7-15(3,4)22-14)10(23-5)8-18-13-20-11(16)19-12(17)21-13/h9-10,22H,6-8H2,1-5H3,(H,18,19,20,21). The maximum atomic E-state index is 5.80. The first-order chi connectivity index (χ1) is 10.6. The van der Waals surface area contributed by atoms with Crippen LogP contribution in [0, 0.1) is 5.92 Å². The molecule has 0 saturated carbocycles. The fourth-order valence-electron chi connectivity index (χ4n) is 3.70. The van der Waals surface area contributed by atoms with Gasteiger partial charge in [-0.3, -0.25) is 0 Å². The Morgan fingerprint density at radius 2 is 1.65 bits per heavy atom. The molecular weight excluding hydrogens is 337 g/mol. The second-order valence-corrected chi connectivity index (χ2v) is 8.09. The molecule has 1 aliphatic heterocycles. The van der Waals surface area contributed by atoms with Crippen molar-refractivity contribution in [1.29, 1.82) is 0 Å². The monoisotopic (exact) mass is 361 g/mol. The highest BCUT2D eigenvalue weighted by atomic mass is 35.5. The molecule has 0 radical (unpaired) electrons. The van der Waals surface area contributed by atoms with Crippen molar-refractivity contribution in [1.82, 2.24) is 20.3 Å². The Labute approximate surface area is 147 Å². The quantitative estimate of drug-likeness (QED) is 0.838. The van der Waals surface area contributed by atoms with Crippen molar-refractivity contribution in [2.75, 3.05) is 19.0 Å². The van der Waals surface area contributed by atoms with Gasteiger partial charge in [0.25, 0.3) is 0 Å². The van der Waals surface area contributed by atoms with Gasteiger partial charge in [-0.2, -0.15) is 15.0 Å². The van der Waals surface area contributed by atoms with Crippen LogP contribution in [0.2, 0.25) is 10.6 Å². The molecule has 130 valence electrons. The lowest BCUT2D eigenvalue weighted by molar-refractivity contribution is 0.00551. The number of hydrogen-bond acceptors (Lipinski definition) is 6. The van der Waals surface area contributed by atoms with Gasteiger partial charge in [-0.1, -0.05) is 0 Å². The number of anilines is 1. The summed E-state index contributed by atoms with van der Waals surface area (Å²) in [5, 5.41) is 6.99. The molecule has 0 aromatic carbocycles. The van der Waals surface area contributed by atoms with E-state index in [2.05, 4.69) is 53.3 Å². The van der Waals surface area contributed by atoms with Crippen LogP contribution in [0.1, 0.15) is 40.5 Å². The van der Waals surface area contributed by atoms with Crippen LogP contribution in [0.5, 0.6) is 0 Å². The molecule has 1 aromatic heterocycles. The molecule has 23 heavy (non-hydrogen) atoms. The highest BCUT2D eigenvalue weighted by Crippen LogP contribution is 2.35. The predicted molar refractivity (Wildman–Crippen MR) is 93.2 cm³/mol. The summed E-state index contributed by atoms with van der Waals surface area (Å²) in [6, 6.07) is 0. The lowest BCUT2D eigenvalue weighted by Crippen LogP contribution is -2.59. The van der Waals surface area contributed by atoms with Gasteiger partial charge >= 0.3 is 0 Å². The summed E-state index contributed by atoms with van der Waals surface area (Å²) in [5.41, 5.74) is 0.145. The Hall–Kier alpha value is -0.690. The first-order valence-corrected chi connectivity index (χ1v) is 8.49. The van der Waals surface area contributed by atoms with Crippen LogP contribution in [0.15, 0.2) is 0 Å². The van der Waals surface area contributed by atoms with E-state index in [-0.39, 0.29) is 27.7 Å². The molecule has 1 fully saturated rings. The Morgan fingerprint density at radius 3 is 2.13 bits per heavy atom. The molecule has 2 N–H and O–H groups in total. The molecule has 1 saturated heterocycles. The first kappa shape index (κ1) is 18.6. The van der Waals surface area contributed by atoms with E-state index < -0.39 is 0 Å². The number of rotatable bonds is 5. The maximum Gasteiger partial charge on any atom is 0.228 e. The van der Waals surface area contributed by atoms with Crippen LogP contribution in [0.25, 0.3) is 0 Å². The van der Waals surface area contributed by atoms with Crippen molar-refractivity contribution in [3.05, 3.63) is 10.6 Å². The van der Waals surface area contributed by atoms with Crippen LogP contribution < -0.4 is 10.6 Å². The van der Waals surface area contributed by atoms with Gasteiger partial charge in [-0.15, -0.1) is 0 Å². The van der Waals surface area contributed by atoms with E-state index in [1.54, 1.807) is 7.11 Å². The number of piperidine rings is 1. The van der Waals surface area contributed by atoms with Gasteiger partial charge in [0.1, 0.15) is 0 Å². The minimum atomic E-state index is 0.0463. The summed E-state index contributed by atoms with van der Waals surface area (Å²) >= 11 is 11.6. The molecule has 8 heteroatoms. The molecular formula is C15H25Cl2N5O. The van der Waals surface area contributed by atoms with Crippen molar-refractivity contribution < 1.29 is 4.74 Å². The molecule has 0 amide bonds. The number of hydrogen-bond donors (Lipinski definition) is 2.